The van der Waals surface area contributed by atoms with Gasteiger partial charge in [0.05, 0.1) is 6.61 Å². The molecule has 4 rings (SSSR count). The summed E-state index contributed by atoms with van der Waals surface area (Å²) in [6, 6.07) is 14.8. The molecule has 0 unspecified atom stereocenters. The van der Waals surface area contributed by atoms with Crippen molar-refractivity contribution >= 4 is 23.4 Å². The van der Waals surface area contributed by atoms with Crippen LogP contribution in [0.3, 0.4) is 0 Å². The first-order valence-corrected chi connectivity index (χ1v) is 11.9. The molecule has 29 heavy (non-hydrogen) atoms. The maximum atomic E-state index is 11.5. The standard InChI is InChI=1S/C24H30N2O2S/c1-29-23-7-3-2-6-20(23)21-14-18(21)16-25-12-4-5-13-28-19-10-8-17-9-11-24(27)26-22(17)15-19/h2-3,6-8,10,15,18,21,25H,4-5,9,11-14,16H2,1H3,(H,26,27)/t18-,21+/m0/s1. The first-order chi connectivity index (χ1) is 14.2. The summed E-state index contributed by atoms with van der Waals surface area (Å²) in [6.45, 7) is 2.86. The minimum Gasteiger partial charge on any atom is -0.494 e. The number of thioether (sulfide) groups is 1. The van der Waals surface area contributed by atoms with Crippen LogP contribution in [0.5, 0.6) is 5.75 Å². The Bertz CT molecular complexity index is 855. The van der Waals surface area contributed by atoms with Gasteiger partial charge >= 0.3 is 0 Å². The third-order valence-electron chi connectivity index (χ3n) is 5.86. The van der Waals surface area contributed by atoms with Crippen LogP contribution in [0.25, 0.3) is 0 Å². The Kier molecular flexibility index (Phi) is 6.78. The van der Waals surface area contributed by atoms with E-state index >= 15 is 0 Å². The van der Waals surface area contributed by atoms with Gasteiger partial charge in [0.1, 0.15) is 5.75 Å². The second-order valence-electron chi connectivity index (χ2n) is 7.97. The van der Waals surface area contributed by atoms with Crippen LogP contribution in [-0.2, 0) is 11.2 Å². The lowest BCUT2D eigenvalue weighted by Crippen LogP contribution is -2.19. The summed E-state index contributed by atoms with van der Waals surface area (Å²) in [5.41, 5.74) is 3.63. The monoisotopic (exact) mass is 410 g/mol. The molecule has 2 atom stereocenters. The van der Waals surface area contributed by atoms with E-state index in [9.17, 15) is 4.79 Å². The Morgan fingerprint density at radius 1 is 1.17 bits per heavy atom. The van der Waals surface area contributed by atoms with Crippen LogP contribution < -0.4 is 15.4 Å². The summed E-state index contributed by atoms with van der Waals surface area (Å²) >= 11 is 1.85. The van der Waals surface area contributed by atoms with Crippen molar-refractivity contribution in [2.75, 3.05) is 31.3 Å². The Morgan fingerprint density at radius 3 is 2.97 bits per heavy atom. The van der Waals surface area contributed by atoms with E-state index in [1.807, 2.05) is 23.9 Å². The number of ether oxygens (including phenoxy) is 1. The number of benzene rings is 2. The molecule has 1 aliphatic heterocycles. The number of rotatable bonds is 10. The molecule has 0 aromatic heterocycles. The zero-order chi connectivity index (χ0) is 20.1. The summed E-state index contributed by atoms with van der Waals surface area (Å²) in [5, 5.41) is 6.55. The van der Waals surface area contributed by atoms with Gasteiger partial charge in [0.2, 0.25) is 5.91 Å². The lowest BCUT2D eigenvalue weighted by atomic mass is 10.0. The molecule has 1 aliphatic carbocycles. The van der Waals surface area contributed by atoms with Gasteiger partial charge < -0.3 is 15.4 Å². The van der Waals surface area contributed by atoms with Gasteiger partial charge in [-0.25, -0.2) is 0 Å². The van der Waals surface area contributed by atoms with E-state index in [1.165, 1.54) is 22.4 Å². The number of carbonyl (C=O) groups excluding carboxylic acids is 1. The zero-order valence-corrected chi connectivity index (χ0v) is 17.9. The molecule has 0 radical (unpaired) electrons. The van der Waals surface area contributed by atoms with Crippen LogP contribution in [0.4, 0.5) is 5.69 Å². The molecule has 4 nitrogen and oxygen atoms in total. The highest BCUT2D eigenvalue weighted by atomic mass is 32.2. The average molecular weight is 411 g/mol. The maximum Gasteiger partial charge on any atom is 0.224 e. The molecule has 0 bridgehead atoms. The van der Waals surface area contributed by atoms with Crippen molar-refractivity contribution in [2.45, 2.75) is 42.9 Å². The largest absolute Gasteiger partial charge is 0.494 e. The summed E-state index contributed by atoms with van der Waals surface area (Å²) in [4.78, 5) is 13.0. The van der Waals surface area contributed by atoms with Gasteiger partial charge in [-0.05, 0) is 80.1 Å². The molecule has 1 amide bonds. The Hall–Kier alpha value is -1.98. The second kappa shape index (κ2) is 9.68. The van der Waals surface area contributed by atoms with Crippen LogP contribution in [0.2, 0.25) is 0 Å². The van der Waals surface area contributed by atoms with Crippen LogP contribution in [0, 0.1) is 5.92 Å². The molecular formula is C24H30N2O2S. The summed E-state index contributed by atoms with van der Waals surface area (Å²) in [6.07, 6.45) is 7.00. The smallest absolute Gasteiger partial charge is 0.224 e. The molecule has 2 aromatic rings. The van der Waals surface area contributed by atoms with E-state index in [0.29, 0.717) is 13.0 Å². The van der Waals surface area contributed by atoms with E-state index in [4.69, 9.17) is 4.74 Å². The lowest BCUT2D eigenvalue weighted by Gasteiger charge is -2.17. The number of hydrogen-bond donors (Lipinski definition) is 2. The Balaban J connectivity index is 1.10. The molecule has 1 heterocycles. The van der Waals surface area contributed by atoms with Crippen LogP contribution in [0.1, 0.15) is 42.7 Å². The molecule has 5 heteroatoms. The highest BCUT2D eigenvalue weighted by Crippen LogP contribution is 2.49. The Labute approximate surface area is 177 Å². The predicted molar refractivity (Wildman–Crippen MR) is 120 cm³/mol. The summed E-state index contributed by atoms with van der Waals surface area (Å²) in [5.74, 6) is 2.45. The fourth-order valence-corrected chi connectivity index (χ4v) is 4.77. The minimum atomic E-state index is 0.0931. The van der Waals surface area contributed by atoms with E-state index in [1.54, 1.807) is 0 Å². The number of anilines is 1. The third kappa shape index (κ3) is 5.34. The van der Waals surface area contributed by atoms with Crippen molar-refractivity contribution in [3.05, 3.63) is 53.6 Å². The molecular weight excluding hydrogens is 380 g/mol. The van der Waals surface area contributed by atoms with Gasteiger partial charge in [-0.15, -0.1) is 11.8 Å². The van der Waals surface area contributed by atoms with E-state index < -0.39 is 0 Å². The average Bonchev–Trinajstić information content (AvgIpc) is 3.52. The number of carbonyl (C=O) groups is 1. The number of fused-ring (bicyclic) bond motifs is 1. The SMILES string of the molecule is CSc1ccccc1[C@@H]1C[C@H]1CNCCCCOc1ccc2c(c1)NC(=O)CC2. The summed E-state index contributed by atoms with van der Waals surface area (Å²) < 4.78 is 5.87. The first-order valence-electron chi connectivity index (χ1n) is 10.6. The van der Waals surface area contributed by atoms with Crippen LogP contribution >= 0.6 is 11.8 Å². The number of amides is 1. The maximum absolute atomic E-state index is 11.5. The van der Waals surface area contributed by atoms with Crippen LogP contribution in [0.15, 0.2) is 47.4 Å². The fourth-order valence-electron chi connectivity index (χ4n) is 4.10. The number of aryl methyl sites for hydroxylation is 1. The predicted octanol–water partition coefficient (Wildman–Crippen LogP) is 4.85. The molecule has 0 saturated heterocycles. The van der Waals surface area contributed by atoms with Gasteiger partial charge in [-0.1, -0.05) is 24.3 Å². The topological polar surface area (TPSA) is 50.4 Å². The van der Waals surface area contributed by atoms with Crippen molar-refractivity contribution in [3.63, 3.8) is 0 Å². The quantitative estimate of drug-likeness (QED) is 0.434. The molecule has 1 fully saturated rings. The highest BCUT2D eigenvalue weighted by molar-refractivity contribution is 7.98. The highest BCUT2D eigenvalue weighted by Gasteiger charge is 2.38. The molecule has 2 aromatic carbocycles. The van der Waals surface area contributed by atoms with Crippen LogP contribution in [-0.4, -0.2) is 31.9 Å². The number of unbranched alkanes of at least 4 members (excludes halogenated alkanes) is 1. The third-order valence-corrected chi connectivity index (χ3v) is 6.67. The zero-order valence-electron chi connectivity index (χ0n) is 17.1. The van der Waals surface area contributed by atoms with Gasteiger partial charge in [0.15, 0.2) is 0 Å². The molecule has 2 aliphatic rings. The molecule has 2 N–H and O–H groups in total. The van der Waals surface area contributed by atoms with Crippen molar-refractivity contribution in [3.8, 4) is 5.75 Å². The van der Waals surface area contributed by atoms with Crippen molar-refractivity contribution in [2.24, 2.45) is 5.92 Å². The number of hydrogen-bond acceptors (Lipinski definition) is 4. The van der Waals surface area contributed by atoms with Crippen molar-refractivity contribution in [1.29, 1.82) is 0 Å². The minimum absolute atomic E-state index is 0.0931. The summed E-state index contributed by atoms with van der Waals surface area (Å²) in [7, 11) is 0. The van der Waals surface area contributed by atoms with Gasteiger partial charge in [-0.3, -0.25) is 4.79 Å². The number of nitrogens with one attached hydrogen (secondary N) is 2. The normalized spacial score (nSPS) is 20.1. The molecule has 154 valence electrons. The van der Waals surface area contributed by atoms with Gasteiger partial charge in [0.25, 0.3) is 0 Å². The molecule has 0 spiro atoms. The Morgan fingerprint density at radius 2 is 2.07 bits per heavy atom. The van der Waals surface area contributed by atoms with E-state index in [-0.39, 0.29) is 5.91 Å². The second-order valence-corrected chi connectivity index (χ2v) is 8.82. The van der Waals surface area contributed by atoms with E-state index in [0.717, 1.165) is 55.6 Å². The lowest BCUT2D eigenvalue weighted by molar-refractivity contribution is -0.116. The van der Waals surface area contributed by atoms with Crippen molar-refractivity contribution < 1.29 is 9.53 Å². The molecule has 1 saturated carbocycles. The van der Waals surface area contributed by atoms with Gasteiger partial charge in [-0.2, -0.15) is 0 Å². The van der Waals surface area contributed by atoms with Crippen molar-refractivity contribution in [1.82, 2.24) is 5.32 Å². The fraction of sp³-hybridized carbons (Fsp3) is 0.458. The first kappa shape index (κ1) is 20.3. The van der Waals surface area contributed by atoms with Gasteiger partial charge in [0, 0.05) is 23.1 Å². The van der Waals surface area contributed by atoms with E-state index in [2.05, 4.69) is 47.2 Å².